The van der Waals surface area contributed by atoms with E-state index in [1.807, 2.05) is 0 Å². The summed E-state index contributed by atoms with van der Waals surface area (Å²) in [5, 5.41) is 11.7. The summed E-state index contributed by atoms with van der Waals surface area (Å²) in [6.07, 6.45) is 1.19. The van der Waals surface area contributed by atoms with Crippen LogP contribution in [0.4, 0.5) is 5.69 Å². The molecule has 1 atom stereocenters. The molecule has 5 nitrogen and oxygen atoms in total. The van der Waals surface area contributed by atoms with E-state index in [1.54, 1.807) is 31.2 Å². The number of nitrogens with one attached hydrogen (secondary N) is 1. The van der Waals surface area contributed by atoms with Gasteiger partial charge in [-0.25, -0.2) is 8.42 Å². The molecule has 0 spiro atoms. The summed E-state index contributed by atoms with van der Waals surface area (Å²) in [5.74, 6) is -1.31. The van der Waals surface area contributed by atoms with Crippen LogP contribution in [0.25, 0.3) is 0 Å². The van der Waals surface area contributed by atoms with Gasteiger partial charge in [0.2, 0.25) is 0 Å². The fourth-order valence-electron chi connectivity index (χ4n) is 1.38. The monoisotopic (exact) mass is 271 g/mol. The van der Waals surface area contributed by atoms with Crippen LogP contribution in [0.3, 0.4) is 0 Å². The van der Waals surface area contributed by atoms with Crippen molar-refractivity contribution in [2.45, 2.75) is 12.7 Å². The van der Waals surface area contributed by atoms with Crippen LogP contribution in [-0.4, -0.2) is 32.3 Å². The minimum atomic E-state index is -3.03. The number of benzene rings is 1. The number of anilines is 1. The maximum atomic E-state index is 11.1. The molecule has 18 heavy (non-hydrogen) atoms. The van der Waals surface area contributed by atoms with Crippen molar-refractivity contribution in [2.75, 3.05) is 18.1 Å². The van der Waals surface area contributed by atoms with Gasteiger partial charge in [-0.2, -0.15) is 0 Å². The molecule has 0 aliphatic carbocycles. The Hall–Kier alpha value is -1.56. The first-order valence-corrected chi connectivity index (χ1v) is 7.57. The third-order valence-corrected chi connectivity index (χ3v) is 3.27. The zero-order valence-corrected chi connectivity index (χ0v) is 11.2. The average Bonchev–Trinajstić information content (AvgIpc) is 2.25. The number of carboxylic acids is 1. The van der Waals surface area contributed by atoms with Gasteiger partial charge in [0.15, 0.2) is 9.84 Å². The van der Waals surface area contributed by atoms with Crippen molar-refractivity contribution in [3.63, 3.8) is 0 Å². The van der Waals surface area contributed by atoms with Crippen LogP contribution in [-0.2, 0) is 20.4 Å². The van der Waals surface area contributed by atoms with Crippen LogP contribution < -0.4 is 5.32 Å². The molecule has 0 aliphatic rings. The SMILES string of the molecule is CC(CNc1ccc(CS(C)(=O)=O)cc1)C(=O)O. The summed E-state index contributed by atoms with van der Waals surface area (Å²) in [6.45, 7) is 1.95. The highest BCUT2D eigenvalue weighted by atomic mass is 32.2. The maximum absolute atomic E-state index is 11.1. The van der Waals surface area contributed by atoms with Crippen LogP contribution in [0, 0.1) is 5.92 Å². The van der Waals surface area contributed by atoms with Gasteiger partial charge in [0.25, 0.3) is 0 Å². The van der Waals surface area contributed by atoms with E-state index in [0.29, 0.717) is 12.1 Å². The number of hydrogen-bond acceptors (Lipinski definition) is 4. The number of hydrogen-bond donors (Lipinski definition) is 2. The van der Waals surface area contributed by atoms with E-state index in [4.69, 9.17) is 5.11 Å². The van der Waals surface area contributed by atoms with E-state index in [9.17, 15) is 13.2 Å². The third-order valence-electron chi connectivity index (χ3n) is 2.42. The summed E-state index contributed by atoms with van der Waals surface area (Å²) in [5.41, 5.74) is 1.50. The number of carboxylic acid groups (broad SMARTS) is 1. The number of aliphatic carboxylic acids is 1. The first-order valence-electron chi connectivity index (χ1n) is 5.51. The summed E-state index contributed by atoms with van der Waals surface area (Å²) in [7, 11) is -3.03. The predicted molar refractivity (Wildman–Crippen MR) is 70.3 cm³/mol. The lowest BCUT2D eigenvalue weighted by molar-refractivity contribution is -0.140. The van der Waals surface area contributed by atoms with Gasteiger partial charge < -0.3 is 10.4 Å². The molecule has 0 saturated heterocycles. The van der Waals surface area contributed by atoms with Crippen molar-refractivity contribution in [3.8, 4) is 0 Å². The fourth-order valence-corrected chi connectivity index (χ4v) is 2.18. The number of carbonyl (C=O) groups is 1. The molecule has 1 aromatic rings. The van der Waals surface area contributed by atoms with E-state index in [1.165, 1.54) is 6.26 Å². The lowest BCUT2D eigenvalue weighted by atomic mass is 10.1. The molecule has 2 N–H and O–H groups in total. The minimum absolute atomic E-state index is 0.0127. The highest BCUT2D eigenvalue weighted by Crippen LogP contribution is 2.12. The Bertz CT molecular complexity index is 507. The second-order valence-corrected chi connectivity index (χ2v) is 6.53. The summed E-state index contributed by atoms with van der Waals surface area (Å²) >= 11 is 0. The summed E-state index contributed by atoms with van der Waals surface area (Å²) in [6, 6.07) is 6.92. The molecule has 100 valence electrons. The van der Waals surface area contributed by atoms with Crippen molar-refractivity contribution in [3.05, 3.63) is 29.8 Å². The van der Waals surface area contributed by atoms with Crippen LogP contribution >= 0.6 is 0 Å². The summed E-state index contributed by atoms with van der Waals surface area (Å²) in [4.78, 5) is 10.6. The molecule has 1 aromatic carbocycles. The lowest BCUT2D eigenvalue weighted by Gasteiger charge is -2.10. The van der Waals surface area contributed by atoms with Gasteiger partial charge in [-0.1, -0.05) is 19.1 Å². The molecule has 6 heteroatoms. The molecular weight excluding hydrogens is 254 g/mol. The topological polar surface area (TPSA) is 83.5 Å². The Morgan fingerprint density at radius 1 is 1.33 bits per heavy atom. The molecule has 1 rings (SSSR count). The van der Waals surface area contributed by atoms with Gasteiger partial charge >= 0.3 is 5.97 Å². The average molecular weight is 271 g/mol. The van der Waals surface area contributed by atoms with Crippen molar-refractivity contribution < 1.29 is 18.3 Å². The highest BCUT2D eigenvalue weighted by Gasteiger charge is 2.10. The van der Waals surface area contributed by atoms with Crippen molar-refractivity contribution >= 4 is 21.5 Å². The van der Waals surface area contributed by atoms with Crippen molar-refractivity contribution in [2.24, 2.45) is 5.92 Å². The van der Waals surface area contributed by atoms with Crippen molar-refractivity contribution in [1.29, 1.82) is 0 Å². The lowest BCUT2D eigenvalue weighted by Crippen LogP contribution is -2.19. The molecule has 0 saturated carbocycles. The van der Waals surface area contributed by atoms with Crippen molar-refractivity contribution in [1.82, 2.24) is 0 Å². The second-order valence-electron chi connectivity index (χ2n) is 4.39. The minimum Gasteiger partial charge on any atom is -0.481 e. The van der Waals surface area contributed by atoms with E-state index >= 15 is 0 Å². The Morgan fingerprint density at radius 3 is 2.33 bits per heavy atom. The molecule has 1 unspecified atom stereocenters. The molecule has 0 bridgehead atoms. The van der Waals surface area contributed by atoms with E-state index in [2.05, 4.69) is 5.32 Å². The predicted octanol–water partition coefficient (Wildman–Crippen LogP) is 1.36. The standard InChI is InChI=1S/C12H17NO4S/c1-9(12(14)15)7-13-11-5-3-10(4-6-11)8-18(2,16)17/h3-6,9,13H,7-8H2,1-2H3,(H,14,15). The van der Waals surface area contributed by atoms with Gasteiger partial charge in [0.1, 0.15) is 0 Å². The van der Waals surface area contributed by atoms with Crippen LogP contribution in [0.2, 0.25) is 0 Å². The maximum Gasteiger partial charge on any atom is 0.308 e. The van der Waals surface area contributed by atoms with Gasteiger partial charge in [0.05, 0.1) is 11.7 Å². The van der Waals surface area contributed by atoms with E-state index < -0.39 is 21.7 Å². The first-order chi connectivity index (χ1) is 8.28. The molecular formula is C12H17NO4S. The fraction of sp³-hybridized carbons (Fsp3) is 0.417. The number of sulfone groups is 1. The van der Waals surface area contributed by atoms with Crippen LogP contribution in [0.15, 0.2) is 24.3 Å². The molecule has 0 amide bonds. The Balaban J connectivity index is 2.58. The van der Waals surface area contributed by atoms with Gasteiger partial charge in [-0.3, -0.25) is 4.79 Å². The van der Waals surface area contributed by atoms with Crippen LogP contribution in [0.1, 0.15) is 12.5 Å². The largest absolute Gasteiger partial charge is 0.481 e. The quantitative estimate of drug-likeness (QED) is 0.816. The zero-order chi connectivity index (χ0) is 13.8. The van der Waals surface area contributed by atoms with Gasteiger partial charge in [0, 0.05) is 18.5 Å². The molecule has 0 aliphatic heterocycles. The molecule has 0 radical (unpaired) electrons. The third kappa shape index (κ3) is 5.18. The van der Waals surface area contributed by atoms with Gasteiger partial charge in [-0.15, -0.1) is 0 Å². The Labute approximate surface area is 107 Å². The van der Waals surface area contributed by atoms with Gasteiger partial charge in [-0.05, 0) is 17.7 Å². The zero-order valence-electron chi connectivity index (χ0n) is 10.4. The normalized spacial score (nSPS) is 13.0. The Morgan fingerprint density at radius 2 is 1.89 bits per heavy atom. The molecule has 0 heterocycles. The van der Waals surface area contributed by atoms with Crippen LogP contribution in [0.5, 0.6) is 0 Å². The van der Waals surface area contributed by atoms with E-state index in [0.717, 1.165) is 5.69 Å². The van der Waals surface area contributed by atoms with E-state index in [-0.39, 0.29) is 5.75 Å². The molecule has 0 fully saturated rings. The smallest absolute Gasteiger partial charge is 0.308 e. The highest BCUT2D eigenvalue weighted by molar-refractivity contribution is 7.89. The Kier molecular flexibility index (Phi) is 4.72. The number of rotatable bonds is 6. The molecule has 0 aromatic heterocycles. The second kappa shape index (κ2) is 5.86. The first kappa shape index (κ1) is 14.5. The summed E-state index contributed by atoms with van der Waals surface area (Å²) < 4.78 is 22.2.